The van der Waals surface area contributed by atoms with E-state index in [4.69, 9.17) is 4.74 Å². The lowest BCUT2D eigenvalue weighted by atomic mass is 9.79. The highest BCUT2D eigenvalue weighted by atomic mass is 32.2. The number of aromatic hydroxyl groups is 1. The summed E-state index contributed by atoms with van der Waals surface area (Å²) in [5, 5.41) is 10.8. The molecular weight excluding hydrogens is 512 g/mol. The van der Waals surface area contributed by atoms with E-state index in [1.54, 1.807) is 11.8 Å². The van der Waals surface area contributed by atoms with Crippen molar-refractivity contribution < 1.29 is 14.6 Å². The number of hydrogen-bond donors (Lipinski definition) is 1. The topological polar surface area (TPSA) is 46.5 Å². The zero-order chi connectivity index (χ0) is 30.0. The van der Waals surface area contributed by atoms with Crippen LogP contribution >= 0.6 is 11.8 Å². The SMILES string of the molecule is CCCCCCCCCCCCCCCCCCSC(CC)C(=O)Oc1cc(C(C)(C)C)c(O)c(C(C)(C)C)c1. The third kappa shape index (κ3) is 15.2. The van der Waals surface area contributed by atoms with Crippen LogP contribution in [0.15, 0.2) is 12.1 Å². The molecule has 0 saturated heterocycles. The lowest BCUT2D eigenvalue weighted by Crippen LogP contribution is -2.24. The van der Waals surface area contributed by atoms with Crippen LogP contribution in [-0.2, 0) is 15.6 Å². The number of phenols is 1. The molecule has 1 atom stereocenters. The molecule has 0 aromatic heterocycles. The summed E-state index contributed by atoms with van der Waals surface area (Å²) in [6.07, 6.45) is 22.7. The van der Waals surface area contributed by atoms with Gasteiger partial charge in [0, 0.05) is 11.1 Å². The van der Waals surface area contributed by atoms with Crippen LogP contribution in [0.4, 0.5) is 0 Å². The van der Waals surface area contributed by atoms with Gasteiger partial charge in [0.25, 0.3) is 0 Å². The molecule has 0 aliphatic carbocycles. The van der Waals surface area contributed by atoms with Crippen LogP contribution in [-0.4, -0.2) is 22.1 Å². The lowest BCUT2D eigenvalue weighted by molar-refractivity contribution is -0.133. The van der Waals surface area contributed by atoms with Crippen LogP contribution in [0.2, 0.25) is 0 Å². The van der Waals surface area contributed by atoms with Crippen molar-refractivity contribution in [3.05, 3.63) is 23.3 Å². The number of hydrogen-bond acceptors (Lipinski definition) is 4. The highest BCUT2D eigenvalue weighted by Gasteiger charge is 2.28. The van der Waals surface area contributed by atoms with Gasteiger partial charge >= 0.3 is 5.97 Å². The van der Waals surface area contributed by atoms with Gasteiger partial charge < -0.3 is 9.84 Å². The second kappa shape index (κ2) is 19.9. The van der Waals surface area contributed by atoms with Crippen LogP contribution in [0.1, 0.15) is 176 Å². The zero-order valence-corrected chi connectivity index (χ0v) is 28.4. The van der Waals surface area contributed by atoms with Crippen molar-refractivity contribution >= 4 is 17.7 Å². The fourth-order valence-electron chi connectivity index (χ4n) is 5.22. The van der Waals surface area contributed by atoms with E-state index in [0.29, 0.717) is 11.5 Å². The molecular formula is C36H64O3S. The summed E-state index contributed by atoms with van der Waals surface area (Å²) in [7, 11) is 0. The number of thioether (sulfide) groups is 1. The maximum Gasteiger partial charge on any atom is 0.324 e. The predicted octanol–water partition coefficient (Wildman–Crippen LogP) is 11.7. The van der Waals surface area contributed by atoms with Gasteiger partial charge in [-0.1, -0.05) is 152 Å². The first kappa shape index (κ1) is 36.9. The summed E-state index contributed by atoms with van der Waals surface area (Å²) in [5.41, 5.74) is 1.13. The van der Waals surface area contributed by atoms with E-state index in [9.17, 15) is 9.90 Å². The predicted molar refractivity (Wildman–Crippen MR) is 177 cm³/mol. The number of rotatable bonds is 21. The molecule has 0 aliphatic rings. The molecule has 0 radical (unpaired) electrons. The van der Waals surface area contributed by atoms with Gasteiger partial charge in [0.1, 0.15) is 16.7 Å². The van der Waals surface area contributed by atoms with E-state index in [1.165, 1.54) is 96.3 Å². The van der Waals surface area contributed by atoms with Crippen molar-refractivity contribution in [2.45, 2.75) is 181 Å². The number of phenolic OH excluding ortho intramolecular Hbond substituents is 1. The molecule has 1 unspecified atom stereocenters. The van der Waals surface area contributed by atoms with E-state index in [-0.39, 0.29) is 22.0 Å². The first-order valence-corrected chi connectivity index (χ1v) is 17.7. The molecule has 0 saturated carbocycles. The van der Waals surface area contributed by atoms with Gasteiger partial charge in [0.15, 0.2) is 0 Å². The summed E-state index contributed by atoms with van der Waals surface area (Å²) >= 11 is 1.73. The Labute approximate surface area is 253 Å². The number of ether oxygens (including phenoxy) is 1. The quantitative estimate of drug-likeness (QED) is 0.0898. The monoisotopic (exact) mass is 576 g/mol. The Bertz CT molecular complexity index is 783. The summed E-state index contributed by atoms with van der Waals surface area (Å²) in [6, 6.07) is 3.69. The molecule has 0 fully saturated rings. The Morgan fingerprint density at radius 2 is 1.07 bits per heavy atom. The van der Waals surface area contributed by atoms with Crippen LogP contribution in [0, 0.1) is 0 Å². The Morgan fingerprint density at radius 3 is 1.43 bits per heavy atom. The molecule has 1 aromatic carbocycles. The van der Waals surface area contributed by atoms with Crippen molar-refractivity contribution in [2.75, 3.05) is 5.75 Å². The Balaban J connectivity index is 2.28. The highest BCUT2D eigenvalue weighted by Crippen LogP contribution is 2.42. The van der Waals surface area contributed by atoms with Gasteiger partial charge in [-0.15, -0.1) is 11.8 Å². The fourth-order valence-corrected chi connectivity index (χ4v) is 6.30. The number of esters is 1. The van der Waals surface area contributed by atoms with Gasteiger partial charge in [-0.3, -0.25) is 4.79 Å². The average Bonchev–Trinajstić information content (AvgIpc) is 2.87. The molecule has 0 amide bonds. The van der Waals surface area contributed by atoms with Crippen molar-refractivity contribution in [1.82, 2.24) is 0 Å². The summed E-state index contributed by atoms with van der Waals surface area (Å²) < 4.78 is 5.91. The second-order valence-corrected chi connectivity index (χ2v) is 15.2. The van der Waals surface area contributed by atoms with Crippen molar-refractivity contribution in [3.63, 3.8) is 0 Å². The molecule has 0 heterocycles. The Hall–Kier alpha value is -1.16. The van der Waals surface area contributed by atoms with Crippen LogP contribution < -0.4 is 4.74 Å². The molecule has 1 rings (SSSR count). The van der Waals surface area contributed by atoms with Crippen molar-refractivity contribution in [1.29, 1.82) is 0 Å². The van der Waals surface area contributed by atoms with E-state index < -0.39 is 0 Å². The fraction of sp³-hybridized carbons (Fsp3) is 0.806. The smallest absolute Gasteiger partial charge is 0.324 e. The van der Waals surface area contributed by atoms with Gasteiger partial charge in [-0.05, 0) is 41.6 Å². The standard InChI is InChI=1S/C36H64O3S/c1-9-11-12-13-14-15-16-17-18-19-20-21-22-23-24-25-26-40-32(10-2)34(38)39-29-27-30(35(3,4)5)33(37)31(28-29)36(6,7)8/h27-28,32,37H,9-26H2,1-8H3. The van der Waals surface area contributed by atoms with Crippen LogP contribution in [0.25, 0.3) is 0 Å². The van der Waals surface area contributed by atoms with Gasteiger partial charge in [-0.25, -0.2) is 0 Å². The molecule has 1 N–H and O–H groups in total. The zero-order valence-electron chi connectivity index (χ0n) is 27.6. The first-order valence-electron chi connectivity index (χ1n) is 16.6. The van der Waals surface area contributed by atoms with Crippen molar-refractivity contribution in [2.24, 2.45) is 0 Å². The summed E-state index contributed by atoms with van der Waals surface area (Å²) in [6.45, 7) is 16.8. The molecule has 40 heavy (non-hydrogen) atoms. The largest absolute Gasteiger partial charge is 0.507 e. The minimum atomic E-state index is -0.251. The van der Waals surface area contributed by atoms with E-state index in [0.717, 1.165) is 29.7 Å². The molecule has 0 bridgehead atoms. The molecule has 232 valence electrons. The molecule has 0 aliphatic heterocycles. The average molecular weight is 577 g/mol. The van der Waals surface area contributed by atoms with E-state index in [2.05, 4.69) is 55.4 Å². The minimum absolute atomic E-state index is 0.152. The normalized spacial score (nSPS) is 13.0. The minimum Gasteiger partial charge on any atom is -0.507 e. The number of carbonyl (C=O) groups is 1. The summed E-state index contributed by atoms with van der Waals surface area (Å²) in [5.74, 6) is 1.68. The third-order valence-electron chi connectivity index (χ3n) is 7.87. The summed E-state index contributed by atoms with van der Waals surface area (Å²) in [4.78, 5) is 13.0. The number of benzene rings is 1. The first-order chi connectivity index (χ1) is 18.9. The maximum atomic E-state index is 13.0. The Kier molecular flexibility index (Phi) is 18.3. The molecule has 1 aromatic rings. The lowest BCUT2D eigenvalue weighted by Gasteiger charge is -2.28. The van der Waals surface area contributed by atoms with Crippen LogP contribution in [0.3, 0.4) is 0 Å². The maximum absolute atomic E-state index is 13.0. The number of unbranched alkanes of at least 4 members (excludes halogenated alkanes) is 15. The van der Waals surface area contributed by atoms with Gasteiger partial charge in [0.05, 0.1) is 0 Å². The molecule has 4 heteroatoms. The molecule has 3 nitrogen and oxygen atoms in total. The number of carbonyl (C=O) groups excluding carboxylic acids is 1. The van der Waals surface area contributed by atoms with Gasteiger partial charge in [-0.2, -0.15) is 0 Å². The second-order valence-electron chi connectivity index (χ2n) is 13.9. The third-order valence-corrected chi connectivity index (χ3v) is 9.32. The van der Waals surface area contributed by atoms with Crippen LogP contribution in [0.5, 0.6) is 11.5 Å². The highest BCUT2D eigenvalue weighted by molar-refractivity contribution is 8.00. The Morgan fingerprint density at radius 1 is 0.700 bits per heavy atom. The van der Waals surface area contributed by atoms with Crippen molar-refractivity contribution in [3.8, 4) is 11.5 Å². The molecule has 0 spiro atoms. The van der Waals surface area contributed by atoms with E-state index in [1.807, 2.05) is 12.1 Å². The van der Waals surface area contributed by atoms with Gasteiger partial charge in [0.2, 0.25) is 0 Å². The van der Waals surface area contributed by atoms with E-state index >= 15 is 0 Å².